The van der Waals surface area contributed by atoms with Gasteiger partial charge in [0.2, 0.25) is 0 Å². The lowest BCUT2D eigenvalue weighted by Gasteiger charge is -2.18. The summed E-state index contributed by atoms with van der Waals surface area (Å²) in [5.41, 5.74) is 1.11. The molecule has 2 unspecified atom stereocenters. The number of hydrogen-bond acceptors (Lipinski definition) is 4. The first-order chi connectivity index (χ1) is 10.2. The molecule has 1 aromatic carbocycles. The van der Waals surface area contributed by atoms with Crippen LogP contribution in [0.3, 0.4) is 0 Å². The molecule has 2 atom stereocenters. The number of hydrogen-bond donors (Lipinski definition) is 2. The normalized spacial score (nSPS) is 24.2. The van der Waals surface area contributed by atoms with E-state index in [4.69, 9.17) is 4.74 Å². The Kier molecular flexibility index (Phi) is 4.78. The van der Waals surface area contributed by atoms with Gasteiger partial charge in [-0.1, -0.05) is 18.2 Å². The Labute approximate surface area is 127 Å². The Hall–Kier alpha value is -1.10. The van der Waals surface area contributed by atoms with Gasteiger partial charge in [-0.3, -0.25) is 4.90 Å². The molecule has 21 heavy (non-hydrogen) atoms. The van der Waals surface area contributed by atoms with Crippen molar-refractivity contribution >= 4 is 0 Å². The lowest BCUT2D eigenvalue weighted by atomic mass is 10.2. The number of ether oxygens (including phenoxy) is 1. The summed E-state index contributed by atoms with van der Waals surface area (Å²) in [6.07, 6.45) is 3.49. The van der Waals surface area contributed by atoms with Gasteiger partial charge in [-0.05, 0) is 37.8 Å². The fourth-order valence-corrected chi connectivity index (χ4v) is 2.99. The molecule has 0 spiro atoms. The number of aryl methyl sites for hydroxylation is 1. The lowest BCUT2D eigenvalue weighted by molar-refractivity contribution is 0.103. The van der Waals surface area contributed by atoms with Crippen molar-refractivity contribution in [2.75, 3.05) is 26.2 Å². The maximum absolute atomic E-state index is 10.0. The summed E-state index contributed by atoms with van der Waals surface area (Å²) in [6, 6.07) is 9.29. The highest BCUT2D eigenvalue weighted by atomic mass is 16.5. The van der Waals surface area contributed by atoms with Crippen LogP contribution in [0.5, 0.6) is 5.75 Å². The smallest absolute Gasteiger partial charge is 0.122 e. The van der Waals surface area contributed by atoms with E-state index >= 15 is 0 Å². The molecular weight excluding hydrogens is 264 g/mol. The minimum absolute atomic E-state index is 0.344. The van der Waals surface area contributed by atoms with Crippen LogP contribution < -0.4 is 10.1 Å². The molecule has 4 heteroatoms. The second kappa shape index (κ2) is 6.77. The molecule has 1 heterocycles. The van der Waals surface area contributed by atoms with Gasteiger partial charge in [-0.2, -0.15) is 0 Å². The van der Waals surface area contributed by atoms with Gasteiger partial charge >= 0.3 is 0 Å². The van der Waals surface area contributed by atoms with Gasteiger partial charge in [0.05, 0.1) is 0 Å². The van der Waals surface area contributed by atoms with Crippen LogP contribution >= 0.6 is 0 Å². The van der Waals surface area contributed by atoms with E-state index in [1.165, 1.54) is 25.8 Å². The van der Waals surface area contributed by atoms with Crippen molar-refractivity contribution in [1.29, 1.82) is 0 Å². The minimum atomic E-state index is -0.459. The van der Waals surface area contributed by atoms with Crippen molar-refractivity contribution in [2.45, 2.75) is 44.4 Å². The van der Waals surface area contributed by atoms with Gasteiger partial charge < -0.3 is 15.2 Å². The Bertz CT molecular complexity index is 462. The molecule has 3 rings (SSSR count). The number of nitrogens with one attached hydrogen (secondary N) is 1. The largest absolute Gasteiger partial charge is 0.491 e. The molecule has 116 valence electrons. The van der Waals surface area contributed by atoms with Gasteiger partial charge in [0.1, 0.15) is 18.5 Å². The average Bonchev–Trinajstić information content (AvgIpc) is 3.23. The van der Waals surface area contributed by atoms with E-state index in [0.717, 1.165) is 23.9 Å². The van der Waals surface area contributed by atoms with Crippen LogP contribution in [-0.2, 0) is 0 Å². The molecule has 2 aliphatic rings. The number of para-hydroxylation sites is 1. The Balaban J connectivity index is 1.35. The van der Waals surface area contributed by atoms with Crippen LogP contribution in [0.2, 0.25) is 0 Å². The third kappa shape index (κ3) is 4.19. The van der Waals surface area contributed by atoms with E-state index in [0.29, 0.717) is 19.2 Å². The Morgan fingerprint density at radius 3 is 2.90 bits per heavy atom. The van der Waals surface area contributed by atoms with Crippen molar-refractivity contribution in [3.05, 3.63) is 29.8 Å². The molecule has 2 fully saturated rings. The predicted molar refractivity (Wildman–Crippen MR) is 83.7 cm³/mol. The van der Waals surface area contributed by atoms with Crippen LogP contribution in [-0.4, -0.2) is 54.4 Å². The first-order valence-corrected chi connectivity index (χ1v) is 8.06. The lowest BCUT2D eigenvalue weighted by Crippen LogP contribution is -2.39. The molecule has 1 aliphatic carbocycles. The first kappa shape index (κ1) is 14.8. The van der Waals surface area contributed by atoms with E-state index in [2.05, 4.69) is 10.2 Å². The minimum Gasteiger partial charge on any atom is -0.491 e. The summed E-state index contributed by atoms with van der Waals surface area (Å²) in [5, 5.41) is 13.5. The quantitative estimate of drug-likeness (QED) is 0.800. The highest BCUT2D eigenvalue weighted by molar-refractivity contribution is 5.31. The molecule has 1 aliphatic heterocycles. The molecule has 0 bridgehead atoms. The number of rotatable bonds is 7. The third-order valence-electron chi connectivity index (χ3n) is 4.45. The number of benzene rings is 1. The monoisotopic (exact) mass is 290 g/mol. The third-order valence-corrected chi connectivity index (χ3v) is 4.45. The molecule has 1 saturated heterocycles. The standard InChI is InChI=1S/C17H26N2O2/c1-13-4-2-3-5-17(13)21-12-16(20)10-18-14-8-9-19(11-14)15-6-7-15/h2-5,14-16,18,20H,6-12H2,1H3. The van der Waals surface area contributed by atoms with Crippen LogP contribution in [0.4, 0.5) is 0 Å². The van der Waals surface area contributed by atoms with E-state index in [9.17, 15) is 5.11 Å². The van der Waals surface area contributed by atoms with E-state index < -0.39 is 6.10 Å². The van der Waals surface area contributed by atoms with Gasteiger partial charge in [0.25, 0.3) is 0 Å². The van der Waals surface area contributed by atoms with Crippen molar-refractivity contribution in [1.82, 2.24) is 10.2 Å². The van der Waals surface area contributed by atoms with Crippen molar-refractivity contribution in [3.8, 4) is 5.75 Å². The molecule has 0 radical (unpaired) electrons. The second-order valence-corrected chi connectivity index (χ2v) is 6.35. The molecule has 4 nitrogen and oxygen atoms in total. The molecule has 2 N–H and O–H groups in total. The topological polar surface area (TPSA) is 44.7 Å². The first-order valence-electron chi connectivity index (χ1n) is 8.06. The second-order valence-electron chi connectivity index (χ2n) is 6.35. The van der Waals surface area contributed by atoms with E-state index in [1.54, 1.807) is 0 Å². The highest BCUT2D eigenvalue weighted by Gasteiger charge is 2.34. The zero-order valence-electron chi connectivity index (χ0n) is 12.8. The summed E-state index contributed by atoms with van der Waals surface area (Å²) in [6.45, 7) is 5.31. The van der Waals surface area contributed by atoms with Gasteiger partial charge in [0, 0.05) is 31.7 Å². The maximum Gasteiger partial charge on any atom is 0.122 e. The average molecular weight is 290 g/mol. The van der Waals surface area contributed by atoms with Crippen LogP contribution in [0.1, 0.15) is 24.8 Å². The van der Waals surface area contributed by atoms with Crippen molar-refractivity contribution in [2.24, 2.45) is 0 Å². The van der Waals surface area contributed by atoms with Crippen molar-refractivity contribution in [3.63, 3.8) is 0 Å². The number of aliphatic hydroxyl groups is 1. The summed E-state index contributed by atoms with van der Waals surface area (Å²) in [5.74, 6) is 0.859. The Morgan fingerprint density at radius 1 is 1.33 bits per heavy atom. The molecule has 1 aromatic rings. The summed E-state index contributed by atoms with van der Waals surface area (Å²) in [7, 11) is 0. The van der Waals surface area contributed by atoms with Crippen LogP contribution in [0, 0.1) is 6.92 Å². The highest BCUT2D eigenvalue weighted by Crippen LogP contribution is 2.29. The zero-order valence-corrected chi connectivity index (χ0v) is 12.8. The predicted octanol–water partition coefficient (Wildman–Crippen LogP) is 1.56. The molecule has 0 aromatic heterocycles. The molecular formula is C17H26N2O2. The number of likely N-dealkylation sites (tertiary alicyclic amines) is 1. The van der Waals surface area contributed by atoms with Crippen molar-refractivity contribution < 1.29 is 9.84 Å². The maximum atomic E-state index is 10.0. The molecule has 0 amide bonds. The number of aliphatic hydroxyl groups excluding tert-OH is 1. The van der Waals surface area contributed by atoms with Gasteiger partial charge in [0.15, 0.2) is 0 Å². The fraction of sp³-hybridized carbons (Fsp3) is 0.647. The summed E-state index contributed by atoms with van der Waals surface area (Å²) < 4.78 is 5.68. The number of nitrogens with zero attached hydrogens (tertiary/aromatic N) is 1. The fourth-order valence-electron chi connectivity index (χ4n) is 2.99. The molecule has 1 saturated carbocycles. The SMILES string of the molecule is Cc1ccccc1OCC(O)CNC1CCN(C2CC2)C1. The van der Waals surface area contributed by atoms with Gasteiger partial charge in [-0.15, -0.1) is 0 Å². The zero-order chi connectivity index (χ0) is 14.7. The van der Waals surface area contributed by atoms with Crippen LogP contribution in [0.25, 0.3) is 0 Å². The van der Waals surface area contributed by atoms with Crippen LogP contribution in [0.15, 0.2) is 24.3 Å². The Morgan fingerprint density at radius 2 is 2.14 bits per heavy atom. The van der Waals surface area contributed by atoms with Gasteiger partial charge in [-0.25, -0.2) is 0 Å². The summed E-state index contributed by atoms with van der Waals surface area (Å²) >= 11 is 0. The van der Waals surface area contributed by atoms with E-state index in [1.807, 2.05) is 31.2 Å². The van der Waals surface area contributed by atoms with E-state index in [-0.39, 0.29) is 0 Å². The summed E-state index contributed by atoms with van der Waals surface area (Å²) in [4.78, 5) is 2.58.